The Labute approximate surface area is 253 Å². The number of nitrogens with zero attached hydrogens (tertiary/aromatic N) is 2. The Bertz CT molecular complexity index is 1650. The molecule has 0 aliphatic carbocycles. The SMILES string of the molecule is O=C(COc1ccc(/C=N\NC(=O)CN(c2ccc(Cl)c(Cl)c2)S(=O)(=O)c2ccccc2)cc1)NCc1ccccc1. The van der Waals surface area contributed by atoms with Gasteiger partial charge in [0.2, 0.25) is 0 Å². The van der Waals surface area contributed by atoms with Crippen molar-refractivity contribution in [3.63, 3.8) is 0 Å². The summed E-state index contributed by atoms with van der Waals surface area (Å²) in [5.41, 5.74) is 4.13. The van der Waals surface area contributed by atoms with Gasteiger partial charge in [0.25, 0.3) is 21.8 Å². The van der Waals surface area contributed by atoms with Gasteiger partial charge in [0.1, 0.15) is 12.3 Å². The minimum absolute atomic E-state index is 0.00311. The maximum absolute atomic E-state index is 13.4. The third kappa shape index (κ3) is 8.56. The van der Waals surface area contributed by atoms with Gasteiger partial charge in [-0.25, -0.2) is 13.8 Å². The molecule has 0 saturated heterocycles. The van der Waals surface area contributed by atoms with Crippen molar-refractivity contribution < 1.29 is 22.7 Å². The average Bonchev–Trinajstić information content (AvgIpc) is 3.01. The van der Waals surface area contributed by atoms with E-state index < -0.39 is 22.5 Å². The maximum Gasteiger partial charge on any atom is 0.264 e. The first kappa shape index (κ1) is 30.6. The van der Waals surface area contributed by atoms with Crippen LogP contribution in [-0.4, -0.2) is 39.6 Å². The zero-order chi connectivity index (χ0) is 30.0. The summed E-state index contributed by atoms with van der Waals surface area (Å²) in [5, 5.41) is 7.11. The minimum atomic E-state index is -4.11. The topological polar surface area (TPSA) is 117 Å². The van der Waals surface area contributed by atoms with Crippen LogP contribution in [0.2, 0.25) is 10.0 Å². The van der Waals surface area contributed by atoms with Crippen LogP contribution in [0.3, 0.4) is 0 Å². The Morgan fingerprint density at radius 3 is 2.17 bits per heavy atom. The normalized spacial score (nSPS) is 11.2. The predicted octanol–water partition coefficient (Wildman–Crippen LogP) is 5.03. The molecule has 0 bridgehead atoms. The molecule has 216 valence electrons. The highest BCUT2D eigenvalue weighted by Gasteiger charge is 2.27. The van der Waals surface area contributed by atoms with Crippen molar-refractivity contribution in [2.45, 2.75) is 11.4 Å². The Morgan fingerprint density at radius 1 is 0.833 bits per heavy atom. The molecule has 9 nitrogen and oxygen atoms in total. The molecule has 0 saturated carbocycles. The second kappa shape index (κ2) is 14.5. The molecule has 0 unspecified atom stereocenters. The van der Waals surface area contributed by atoms with E-state index in [1.165, 1.54) is 36.5 Å². The molecule has 0 spiro atoms. The summed E-state index contributed by atoms with van der Waals surface area (Å²) in [6.45, 7) is -0.295. The fourth-order valence-corrected chi connectivity index (χ4v) is 5.39. The molecule has 0 aromatic heterocycles. The first-order valence-electron chi connectivity index (χ1n) is 12.6. The number of anilines is 1. The Hall–Kier alpha value is -4.38. The van der Waals surface area contributed by atoms with Crippen molar-refractivity contribution in [3.05, 3.63) is 124 Å². The molecule has 0 heterocycles. The van der Waals surface area contributed by atoms with Gasteiger partial charge in [0, 0.05) is 6.54 Å². The summed E-state index contributed by atoms with van der Waals surface area (Å²) in [6.07, 6.45) is 1.39. The molecule has 0 radical (unpaired) electrons. The number of hydrogen-bond donors (Lipinski definition) is 2. The zero-order valence-corrected chi connectivity index (χ0v) is 24.4. The third-order valence-corrected chi connectivity index (χ3v) is 8.32. The fourth-order valence-electron chi connectivity index (χ4n) is 3.67. The Balaban J connectivity index is 1.33. The average molecular weight is 626 g/mol. The molecular formula is C30H26Cl2N4O5S. The molecule has 2 amide bonds. The molecule has 0 aliphatic rings. The molecule has 12 heteroatoms. The lowest BCUT2D eigenvalue weighted by Gasteiger charge is -2.24. The lowest BCUT2D eigenvalue weighted by Crippen LogP contribution is -2.39. The van der Waals surface area contributed by atoms with Gasteiger partial charge in [-0.15, -0.1) is 0 Å². The highest BCUT2D eigenvalue weighted by Crippen LogP contribution is 2.30. The van der Waals surface area contributed by atoms with Gasteiger partial charge in [0.05, 0.1) is 26.8 Å². The van der Waals surface area contributed by atoms with Gasteiger partial charge in [-0.2, -0.15) is 5.10 Å². The smallest absolute Gasteiger partial charge is 0.264 e. The number of rotatable bonds is 12. The summed E-state index contributed by atoms with van der Waals surface area (Å²) in [6, 6.07) is 28.2. The molecule has 4 rings (SSSR count). The van der Waals surface area contributed by atoms with Gasteiger partial charge in [-0.3, -0.25) is 13.9 Å². The van der Waals surface area contributed by atoms with Crippen LogP contribution in [0.4, 0.5) is 5.69 Å². The van der Waals surface area contributed by atoms with Crippen molar-refractivity contribution in [1.82, 2.24) is 10.7 Å². The lowest BCUT2D eigenvalue weighted by atomic mass is 10.2. The van der Waals surface area contributed by atoms with E-state index in [0.29, 0.717) is 17.9 Å². The Morgan fingerprint density at radius 2 is 1.50 bits per heavy atom. The number of carbonyl (C=O) groups excluding carboxylic acids is 2. The summed E-state index contributed by atoms with van der Waals surface area (Å²) in [4.78, 5) is 24.8. The van der Waals surface area contributed by atoms with Crippen molar-refractivity contribution in [2.24, 2.45) is 5.10 Å². The number of ether oxygens (including phenoxy) is 1. The number of nitrogens with one attached hydrogen (secondary N) is 2. The summed E-state index contributed by atoms with van der Waals surface area (Å²) in [5.74, 6) is -0.455. The van der Waals surface area contributed by atoms with E-state index in [9.17, 15) is 18.0 Å². The molecule has 4 aromatic rings. The van der Waals surface area contributed by atoms with E-state index in [0.717, 1.165) is 9.87 Å². The van der Waals surface area contributed by atoms with Crippen molar-refractivity contribution in [2.75, 3.05) is 17.5 Å². The molecule has 0 atom stereocenters. The standard InChI is InChI=1S/C30H26Cl2N4O5S/c31-27-16-13-24(17-28(27)32)36(42(39,40)26-9-5-2-6-10-26)20-29(37)35-34-19-23-11-14-25(15-12-23)41-21-30(38)33-18-22-7-3-1-4-8-22/h1-17,19H,18,20-21H2,(H,33,38)(H,35,37)/b34-19-. The first-order chi connectivity index (χ1) is 20.2. The monoisotopic (exact) mass is 624 g/mol. The quantitative estimate of drug-likeness (QED) is 0.169. The summed E-state index contributed by atoms with van der Waals surface area (Å²) >= 11 is 12.1. The number of carbonyl (C=O) groups is 2. The second-order valence-electron chi connectivity index (χ2n) is 8.84. The van der Waals surface area contributed by atoms with Crippen molar-refractivity contribution in [3.8, 4) is 5.75 Å². The van der Waals surface area contributed by atoms with Gasteiger partial charge in [0.15, 0.2) is 6.61 Å². The molecule has 4 aromatic carbocycles. The van der Waals surface area contributed by atoms with E-state index >= 15 is 0 Å². The van der Waals surface area contributed by atoms with E-state index in [-0.39, 0.29) is 33.1 Å². The minimum Gasteiger partial charge on any atom is -0.484 e. The molecular weight excluding hydrogens is 599 g/mol. The highest BCUT2D eigenvalue weighted by atomic mass is 35.5. The van der Waals surface area contributed by atoms with Gasteiger partial charge in [-0.05, 0) is 65.7 Å². The van der Waals surface area contributed by atoms with Crippen LogP contribution < -0.4 is 19.8 Å². The largest absolute Gasteiger partial charge is 0.484 e. The van der Waals surface area contributed by atoms with Crippen LogP contribution in [-0.2, 0) is 26.2 Å². The van der Waals surface area contributed by atoms with Gasteiger partial charge in [-0.1, -0.05) is 71.7 Å². The van der Waals surface area contributed by atoms with Crippen LogP contribution >= 0.6 is 23.2 Å². The first-order valence-corrected chi connectivity index (χ1v) is 14.8. The summed E-state index contributed by atoms with van der Waals surface area (Å²) in [7, 11) is -4.11. The predicted molar refractivity (Wildman–Crippen MR) is 163 cm³/mol. The van der Waals surface area contributed by atoms with E-state index in [2.05, 4.69) is 15.8 Å². The lowest BCUT2D eigenvalue weighted by molar-refractivity contribution is -0.123. The molecule has 42 heavy (non-hydrogen) atoms. The van der Waals surface area contributed by atoms with Crippen LogP contribution in [0.5, 0.6) is 5.75 Å². The Kier molecular flexibility index (Phi) is 10.6. The summed E-state index contributed by atoms with van der Waals surface area (Å²) < 4.78 is 33.2. The number of amides is 2. The van der Waals surface area contributed by atoms with Crippen LogP contribution in [0.15, 0.2) is 113 Å². The molecule has 0 fully saturated rings. The van der Waals surface area contributed by atoms with Crippen molar-refractivity contribution in [1.29, 1.82) is 0 Å². The fraction of sp³-hybridized carbons (Fsp3) is 0.100. The van der Waals surface area contributed by atoms with E-state index in [4.69, 9.17) is 27.9 Å². The number of halogens is 2. The van der Waals surface area contributed by atoms with Gasteiger partial charge < -0.3 is 10.1 Å². The number of hydrazone groups is 1. The van der Waals surface area contributed by atoms with Crippen molar-refractivity contribution >= 4 is 56.9 Å². The van der Waals surface area contributed by atoms with E-state index in [1.807, 2.05) is 30.3 Å². The van der Waals surface area contributed by atoms with Crippen LogP contribution in [0, 0.1) is 0 Å². The number of sulfonamides is 1. The van der Waals surface area contributed by atoms with Crippen LogP contribution in [0.25, 0.3) is 0 Å². The zero-order valence-electron chi connectivity index (χ0n) is 22.1. The van der Waals surface area contributed by atoms with Gasteiger partial charge >= 0.3 is 0 Å². The highest BCUT2D eigenvalue weighted by molar-refractivity contribution is 7.92. The van der Waals surface area contributed by atoms with E-state index in [1.54, 1.807) is 42.5 Å². The number of benzene rings is 4. The van der Waals surface area contributed by atoms with Crippen LogP contribution in [0.1, 0.15) is 11.1 Å². The molecule has 2 N–H and O–H groups in total. The molecule has 0 aliphatic heterocycles. The maximum atomic E-state index is 13.4. The number of hydrogen-bond acceptors (Lipinski definition) is 6. The second-order valence-corrected chi connectivity index (χ2v) is 11.5. The third-order valence-electron chi connectivity index (χ3n) is 5.79.